The van der Waals surface area contributed by atoms with Crippen LogP contribution in [-0.2, 0) is 14.9 Å². The van der Waals surface area contributed by atoms with Crippen LogP contribution in [0.2, 0.25) is 0 Å². The van der Waals surface area contributed by atoms with Gasteiger partial charge in [0, 0.05) is 6.20 Å². The van der Waals surface area contributed by atoms with Gasteiger partial charge in [-0.15, -0.1) is 0 Å². The van der Waals surface area contributed by atoms with E-state index in [1.54, 1.807) is 6.07 Å². The summed E-state index contributed by atoms with van der Waals surface area (Å²) >= 11 is 0. The predicted octanol–water partition coefficient (Wildman–Crippen LogP) is 2.99. The number of ketones is 1. The first kappa shape index (κ1) is 19.9. The number of hydrogen-bond acceptors (Lipinski definition) is 5. The fourth-order valence-corrected chi connectivity index (χ4v) is 3.42. The number of pyridine rings is 1. The van der Waals surface area contributed by atoms with Gasteiger partial charge in [0.05, 0.1) is 19.1 Å². The molecule has 2 heterocycles. The number of carbonyl (C=O) groups excluding carboxylic acids is 1. The second-order valence-electron chi connectivity index (χ2n) is 6.31. The molecule has 3 aromatic rings. The van der Waals surface area contributed by atoms with Gasteiger partial charge in [0.15, 0.2) is 10.8 Å². The highest BCUT2D eigenvalue weighted by Gasteiger charge is 2.32. The SMILES string of the molecule is O=C1CN(C(c2ccccc2)c2ccccc2)C1.O=S(=O)(O)c1ccccn1. The molecule has 0 radical (unpaired) electrons. The maximum atomic E-state index is 11.2. The summed E-state index contributed by atoms with van der Waals surface area (Å²) in [5.74, 6) is 0.326. The molecule has 28 heavy (non-hydrogen) atoms. The topological polar surface area (TPSA) is 87.6 Å². The summed E-state index contributed by atoms with van der Waals surface area (Å²) in [4.78, 5) is 16.9. The maximum absolute atomic E-state index is 11.2. The Labute approximate surface area is 164 Å². The van der Waals surface area contributed by atoms with Crippen LogP contribution in [0.1, 0.15) is 17.2 Å². The zero-order valence-corrected chi connectivity index (χ0v) is 15.9. The van der Waals surface area contributed by atoms with Crippen LogP contribution in [0.15, 0.2) is 90.1 Å². The van der Waals surface area contributed by atoms with E-state index >= 15 is 0 Å². The second-order valence-corrected chi connectivity index (χ2v) is 7.68. The summed E-state index contributed by atoms with van der Waals surface area (Å²) in [5.41, 5.74) is 2.49. The molecule has 0 atom stereocenters. The Hall–Kier alpha value is -2.87. The van der Waals surface area contributed by atoms with Gasteiger partial charge in [-0.25, -0.2) is 4.98 Å². The van der Waals surface area contributed by atoms with Crippen LogP contribution < -0.4 is 0 Å². The quantitative estimate of drug-likeness (QED) is 0.682. The van der Waals surface area contributed by atoms with E-state index in [4.69, 9.17) is 4.55 Å². The van der Waals surface area contributed by atoms with Crippen LogP contribution in [0.3, 0.4) is 0 Å². The molecule has 0 aliphatic carbocycles. The molecule has 0 bridgehead atoms. The van der Waals surface area contributed by atoms with Gasteiger partial charge in [-0.1, -0.05) is 66.7 Å². The Balaban J connectivity index is 0.000000192. The van der Waals surface area contributed by atoms with E-state index in [2.05, 4.69) is 34.1 Å². The van der Waals surface area contributed by atoms with Crippen LogP contribution in [0.25, 0.3) is 0 Å². The molecule has 144 valence electrons. The van der Waals surface area contributed by atoms with E-state index in [1.165, 1.54) is 29.5 Å². The van der Waals surface area contributed by atoms with Crippen molar-refractivity contribution in [3.05, 3.63) is 96.2 Å². The molecule has 0 saturated carbocycles. The number of benzene rings is 2. The Morgan fingerprint density at radius 3 is 1.68 bits per heavy atom. The summed E-state index contributed by atoms with van der Waals surface area (Å²) in [6.45, 7) is 1.13. The molecule has 0 spiro atoms. The minimum Gasteiger partial charge on any atom is -0.297 e. The molecule has 0 unspecified atom stereocenters. The van der Waals surface area contributed by atoms with Gasteiger partial charge < -0.3 is 0 Å². The molecule has 7 heteroatoms. The molecule has 4 rings (SSSR count). The number of nitrogens with zero attached hydrogens (tertiary/aromatic N) is 2. The van der Waals surface area contributed by atoms with E-state index in [1.807, 2.05) is 36.4 Å². The van der Waals surface area contributed by atoms with Crippen molar-refractivity contribution in [3.8, 4) is 0 Å². The Kier molecular flexibility index (Phi) is 6.30. The third-order valence-electron chi connectivity index (χ3n) is 4.26. The predicted molar refractivity (Wildman–Crippen MR) is 105 cm³/mol. The summed E-state index contributed by atoms with van der Waals surface area (Å²) in [6.07, 6.45) is 1.29. The van der Waals surface area contributed by atoms with Gasteiger partial charge in [0.2, 0.25) is 0 Å². The van der Waals surface area contributed by atoms with Gasteiger partial charge in [0.1, 0.15) is 0 Å². The standard InChI is InChI=1S/C16H15NO.C5H5NO3S/c18-15-11-17(12-15)16(13-7-3-1-4-8-13)14-9-5-2-6-10-14;7-10(8,9)5-3-1-2-4-6-5/h1-10,16H,11-12H2;1-4H,(H,7,8,9). The van der Waals surface area contributed by atoms with Crippen LogP contribution in [0.4, 0.5) is 0 Å². The summed E-state index contributed by atoms with van der Waals surface area (Å²) < 4.78 is 29.1. The van der Waals surface area contributed by atoms with Crippen molar-refractivity contribution >= 4 is 15.9 Å². The Bertz CT molecular complexity index is 963. The van der Waals surface area contributed by atoms with Crippen LogP contribution >= 0.6 is 0 Å². The fourth-order valence-electron chi connectivity index (χ4n) is 2.97. The monoisotopic (exact) mass is 396 g/mol. The van der Waals surface area contributed by atoms with Gasteiger partial charge in [-0.2, -0.15) is 8.42 Å². The van der Waals surface area contributed by atoms with Crippen molar-refractivity contribution in [2.75, 3.05) is 13.1 Å². The first-order chi connectivity index (χ1) is 13.4. The van der Waals surface area contributed by atoms with Crippen molar-refractivity contribution in [2.24, 2.45) is 0 Å². The van der Waals surface area contributed by atoms with Crippen LogP contribution in [-0.4, -0.2) is 41.7 Å². The lowest BCUT2D eigenvalue weighted by molar-refractivity contribution is -0.130. The number of likely N-dealkylation sites (tertiary alicyclic amines) is 1. The van der Waals surface area contributed by atoms with E-state index in [0.29, 0.717) is 18.9 Å². The lowest BCUT2D eigenvalue weighted by Crippen LogP contribution is -2.49. The number of aromatic nitrogens is 1. The third kappa shape index (κ3) is 5.10. The molecule has 0 amide bonds. The first-order valence-corrected chi connectivity index (χ1v) is 10.1. The molecule has 1 fully saturated rings. The lowest BCUT2D eigenvalue weighted by atomic mass is 9.94. The highest BCUT2D eigenvalue weighted by molar-refractivity contribution is 7.85. The van der Waals surface area contributed by atoms with Gasteiger partial charge >= 0.3 is 10.1 Å². The number of carbonyl (C=O) groups is 1. The van der Waals surface area contributed by atoms with E-state index < -0.39 is 10.1 Å². The average molecular weight is 396 g/mol. The highest BCUT2D eigenvalue weighted by Crippen LogP contribution is 2.30. The molecule has 1 aliphatic heterocycles. The highest BCUT2D eigenvalue weighted by atomic mass is 32.2. The van der Waals surface area contributed by atoms with Gasteiger partial charge in [-0.3, -0.25) is 14.2 Å². The van der Waals surface area contributed by atoms with Gasteiger partial charge in [0.25, 0.3) is 0 Å². The fraction of sp³-hybridized carbons (Fsp3) is 0.143. The molecule has 1 aliphatic rings. The number of hydrogen-bond donors (Lipinski definition) is 1. The van der Waals surface area contributed by atoms with Crippen LogP contribution in [0, 0.1) is 0 Å². The smallest absolute Gasteiger partial charge is 0.297 e. The molecule has 1 aromatic heterocycles. The van der Waals surface area contributed by atoms with Crippen molar-refractivity contribution < 1.29 is 17.8 Å². The average Bonchev–Trinajstić information content (AvgIpc) is 2.69. The van der Waals surface area contributed by atoms with E-state index in [-0.39, 0.29) is 11.1 Å². The molecule has 2 aromatic carbocycles. The Morgan fingerprint density at radius 2 is 1.32 bits per heavy atom. The molecule has 1 N–H and O–H groups in total. The zero-order chi connectivity index (χ0) is 20.0. The van der Waals surface area contributed by atoms with E-state index in [0.717, 1.165) is 0 Å². The van der Waals surface area contributed by atoms with E-state index in [9.17, 15) is 13.2 Å². The largest absolute Gasteiger partial charge is 0.312 e. The third-order valence-corrected chi connectivity index (χ3v) is 5.03. The number of Topliss-reactive ketones (excluding diaryl/α,β-unsaturated/α-hetero) is 1. The van der Waals surface area contributed by atoms with Crippen LogP contribution in [0.5, 0.6) is 0 Å². The summed E-state index contributed by atoms with van der Waals surface area (Å²) in [6, 6.07) is 25.2. The van der Waals surface area contributed by atoms with Crippen molar-refractivity contribution in [3.63, 3.8) is 0 Å². The molecular formula is C21H20N2O4S. The minimum absolute atomic E-state index is 0.199. The first-order valence-electron chi connectivity index (χ1n) is 8.69. The summed E-state index contributed by atoms with van der Waals surface area (Å²) in [7, 11) is -4.11. The minimum atomic E-state index is -4.11. The molecule has 6 nitrogen and oxygen atoms in total. The van der Waals surface area contributed by atoms with Crippen molar-refractivity contribution in [1.82, 2.24) is 9.88 Å². The molecule has 1 saturated heterocycles. The normalized spacial score (nSPS) is 14.1. The maximum Gasteiger partial charge on any atom is 0.312 e. The molecular weight excluding hydrogens is 376 g/mol. The zero-order valence-electron chi connectivity index (χ0n) is 15.0. The van der Waals surface area contributed by atoms with Gasteiger partial charge in [-0.05, 0) is 23.3 Å². The lowest BCUT2D eigenvalue weighted by Gasteiger charge is -2.37. The van der Waals surface area contributed by atoms with Crippen molar-refractivity contribution in [2.45, 2.75) is 11.1 Å². The second kappa shape index (κ2) is 8.88. The van der Waals surface area contributed by atoms with Crippen molar-refractivity contribution in [1.29, 1.82) is 0 Å². The Morgan fingerprint density at radius 1 is 0.821 bits per heavy atom. The summed E-state index contributed by atoms with van der Waals surface area (Å²) in [5, 5.41) is -0.324. The number of rotatable bonds is 4.